The van der Waals surface area contributed by atoms with Gasteiger partial charge in [0.05, 0.1) is 18.4 Å². The molecule has 0 aliphatic carbocycles. The predicted octanol–water partition coefficient (Wildman–Crippen LogP) is 2.42. The van der Waals surface area contributed by atoms with Gasteiger partial charge in [-0.1, -0.05) is 6.92 Å². The van der Waals surface area contributed by atoms with Gasteiger partial charge in [0.1, 0.15) is 17.3 Å². The minimum Gasteiger partial charge on any atom is -0.406 e. The van der Waals surface area contributed by atoms with E-state index in [0.29, 0.717) is 30.8 Å². The van der Waals surface area contributed by atoms with Crippen LogP contribution < -0.4 is 21.2 Å². The lowest BCUT2D eigenvalue weighted by atomic mass is 10.0. The van der Waals surface area contributed by atoms with Crippen molar-refractivity contribution in [2.45, 2.75) is 39.6 Å². The fourth-order valence-electron chi connectivity index (χ4n) is 3.72. The Labute approximate surface area is 196 Å². The van der Waals surface area contributed by atoms with Gasteiger partial charge in [-0.25, -0.2) is 4.98 Å². The molecule has 0 saturated carbocycles. The van der Waals surface area contributed by atoms with Crippen molar-refractivity contribution in [3.8, 4) is 11.4 Å². The summed E-state index contributed by atoms with van der Waals surface area (Å²) in [5.41, 5.74) is 0.136. The molecule has 1 aliphatic heterocycles. The van der Waals surface area contributed by atoms with E-state index in [1.54, 1.807) is 0 Å². The molecule has 3 heterocycles. The summed E-state index contributed by atoms with van der Waals surface area (Å²) < 4.78 is 42.4. The highest BCUT2D eigenvalue weighted by atomic mass is 19.4. The molecule has 1 aromatic carbocycles. The number of aromatic amines is 1. The van der Waals surface area contributed by atoms with Crippen LogP contribution in [0.3, 0.4) is 0 Å². The monoisotopic (exact) mass is 490 g/mol. The van der Waals surface area contributed by atoms with Crippen LogP contribution in [0.15, 0.2) is 40.1 Å². The standard InChI is InChI=1S/C22H21F3N6O4/c1-3-18-26-10-17(20(33)28-18)27-19-15-8-9-30(12(2)32)11-16(15)21(34)31(29-19)13-4-6-14(7-5-13)35-22(23,24)25/h4-7,10H,3,8-9,11H2,1-2H3,(H,27,29)(H,26,28,33). The summed E-state index contributed by atoms with van der Waals surface area (Å²) in [5, 5.41) is 7.28. The minimum absolute atomic E-state index is 0.0271. The Morgan fingerprint density at radius 1 is 1.20 bits per heavy atom. The van der Waals surface area contributed by atoms with Crippen LogP contribution in [0.25, 0.3) is 5.69 Å². The van der Waals surface area contributed by atoms with E-state index in [0.717, 1.165) is 16.8 Å². The summed E-state index contributed by atoms with van der Waals surface area (Å²) in [7, 11) is 0. The van der Waals surface area contributed by atoms with Crippen LogP contribution in [0.4, 0.5) is 24.7 Å². The summed E-state index contributed by atoms with van der Waals surface area (Å²) in [6, 6.07) is 4.62. The Bertz CT molecular complexity index is 1380. The highest BCUT2D eigenvalue weighted by molar-refractivity contribution is 5.74. The van der Waals surface area contributed by atoms with E-state index in [1.165, 1.54) is 30.2 Å². The Hall–Kier alpha value is -4.16. The quantitative estimate of drug-likeness (QED) is 0.563. The number of benzene rings is 1. The van der Waals surface area contributed by atoms with Crippen molar-refractivity contribution in [3.05, 3.63) is 68.1 Å². The number of halogens is 3. The number of carbonyl (C=O) groups excluding carboxylic acids is 1. The van der Waals surface area contributed by atoms with E-state index in [1.807, 2.05) is 6.92 Å². The number of hydrogen-bond acceptors (Lipinski definition) is 7. The molecule has 0 fully saturated rings. The van der Waals surface area contributed by atoms with Crippen molar-refractivity contribution >= 4 is 17.4 Å². The first-order valence-electron chi connectivity index (χ1n) is 10.7. The van der Waals surface area contributed by atoms with Gasteiger partial charge in [-0.3, -0.25) is 14.4 Å². The Kier molecular flexibility index (Phi) is 6.33. The van der Waals surface area contributed by atoms with Crippen molar-refractivity contribution in [3.63, 3.8) is 0 Å². The molecule has 35 heavy (non-hydrogen) atoms. The van der Waals surface area contributed by atoms with Gasteiger partial charge < -0.3 is 19.9 Å². The first-order chi connectivity index (χ1) is 16.6. The number of alkyl halides is 3. The molecule has 184 valence electrons. The minimum atomic E-state index is -4.86. The fourth-order valence-corrected chi connectivity index (χ4v) is 3.72. The summed E-state index contributed by atoms with van der Waals surface area (Å²) in [6.45, 7) is 3.61. The molecule has 0 saturated heterocycles. The van der Waals surface area contributed by atoms with Crippen molar-refractivity contribution < 1.29 is 22.7 Å². The Balaban J connectivity index is 1.80. The molecule has 4 rings (SSSR count). The van der Waals surface area contributed by atoms with Crippen molar-refractivity contribution in [2.75, 3.05) is 11.9 Å². The van der Waals surface area contributed by atoms with Crippen LogP contribution in [0.1, 0.15) is 30.8 Å². The number of aryl methyl sites for hydroxylation is 1. The average molecular weight is 490 g/mol. The van der Waals surface area contributed by atoms with Gasteiger partial charge in [-0.2, -0.15) is 4.68 Å². The zero-order chi connectivity index (χ0) is 25.3. The second-order valence-corrected chi connectivity index (χ2v) is 7.81. The molecule has 0 radical (unpaired) electrons. The zero-order valence-electron chi connectivity index (χ0n) is 18.8. The Morgan fingerprint density at radius 2 is 1.91 bits per heavy atom. The van der Waals surface area contributed by atoms with E-state index in [4.69, 9.17) is 0 Å². The number of carbonyl (C=O) groups is 1. The third-order valence-corrected chi connectivity index (χ3v) is 5.48. The van der Waals surface area contributed by atoms with E-state index < -0.39 is 23.2 Å². The number of aromatic nitrogens is 4. The van der Waals surface area contributed by atoms with E-state index in [-0.39, 0.29) is 35.2 Å². The second-order valence-electron chi connectivity index (χ2n) is 7.81. The van der Waals surface area contributed by atoms with E-state index in [9.17, 15) is 27.6 Å². The number of H-pyrrole nitrogens is 1. The van der Waals surface area contributed by atoms with Crippen LogP contribution >= 0.6 is 0 Å². The van der Waals surface area contributed by atoms with E-state index >= 15 is 0 Å². The molecule has 1 aliphatic rings. The van der Waals surface area contributed by atoms with Gasteiger partial charge in [-0.05, 0) is 30.7 Å². The van der Waals surface area contributed by atoms with Crippen LogP contribution in [0.2, 0.25) is 0 Å². The molecule has 0 unspecified atom stereocenters. The smallest absolute Gasteiger partial charge is 0.406 e. The number of amides is 1. The van der Waals surface area contributed by atoms with Gasteiger partial charge >= 0.3 is 6.36 Å². The molecule has 10 nitrogen and oxygen atoms in total. The number of fused-ring (bicyclic) bond motifs is 1. The SMILES string of the molecule is CCc1ncc(Nc2nn(-c3ccc(OC(F)(F)F)cc3)c(=O)c3c2CCN(C(C)=O)C3)c(=O)[nH]1. The highest BCUT2D eigenvalue weighted by Gasteiger charge is 2.31. The summed E-state index contributed by atoms with van der Waals surface area (Å²) in [6.07, 6.45) is -2.65. The molecule has 3 aromatic rings. The lowest BCUT2D eigenvalue weighted by Gasteiger charge is -2.29. The van der Waals surface area contributed by atoms with Crippen molar-refractivity contribution in [2.24, 2.45) is 0 Å². The molecular weight excluding hydrogens is 469 g/mol. The topological polar surface area (TPSA) is 122 Å². The number of hydrogen-bond donors (Lipinski definition) is 2. The molecule has 0 bridgehead atoms. The zero-order valence-corrected chi connectivity index (χ0v) is 18.8. The normalized spacial score (nSPS) is 13.3. The third-order valence-electron chi connectivity index (χ3n) is 5.48. The molecule has 2 N–H and O–H groups in total. The molecule has 13 heteroatoms. The second kappa shape index (κ2) is 9.24. The van der Waals surface area contributed by atoms with Crippen LogP contribution in [0, 0.1) is 0 Å². The van der Waals surface area contributed by atoms with Crippen molar-refractivity contribution in [1.82, 2.24) is 24.6 Å². The van der Waals surface area contributed by atoms with Gasteiger partial charge in [-0.15, -0.1) is 18.3 Å². The lowest BCUT2D eigenvalue weighted by molar-refractivity contribution is -0.274. The molecule has 1 amide bonds. The third kappa shape index (κ3) is 5.18. The van der Waals surface area contributed by atoms with Gasteiger partial charge in [0.15, 0.2) is 5.82 Å². The molecule has 2 aromatic heterocycles. The van der Waals surface area contributed by atoms with Crippen LogP contribution in [-0.2, 0) is 24.2 Å². The number of rotatable bonds is 5. The maximum atomic E-state index is 13.3. The van der Waals surface area contributed by atoms with Crippen LogP contribution in [0.5, 0.6) is 5.75 Å². The van der Waals surface area contributed by atoms with Gasteiger partial charge in [0.25, 0.3) is 11.1 Å². The molecule has 0 spiro atoms. The number of anilines is 2. The summed E-state index contributed by atoms with van der Waals surface area (Å²) in [4.78, 5) is 46.0. The number of nitrogens with one attached hydrogen (secondary N) is 2. The highest BCUT2D eigenvalue weighted by Crippen LogP contribution is 2.26. The Morgan fingerprint density at radius 3 is 2.51 bits per heavy atom. The first kappa shape index (κ1) is 24.0. The number of nitrogens with zero attached hydrogens (tertiary/aromatic N) is 4. The maximum Gasteiger partial charge on any atom is 0.573 e. The maximum absolute atomic E-state index is 13.3. The number of ether oxygens (including phenoxy) is 1. The van der Waals surface area contributed by atoms with Crippen LogP contribution in [-0.4, -0.2) is 43.5 Å². The summed E-state index contributed by atoms with van der Waals surface area (Å²) >= 11 is 0. The first-order valence-corrected chi connectivity index (χ1v) is 10.7. The largest absolute Gasteiger partial charge is 0.573 e. The van der Waals surface area contributed by atoms with Crippen molar-refractivity contribution in [1.29, 1.82) is 0 Å². The predicted molar refractivity (Wildman–Crippen MR) is 119 cm³/mol. The van der Waals surface area contributed by atoms with E-state index in [2.05, 4.69) is 25.1 Å². The fraction of sp³-hybridized carbons (Fsp3) is 0.318. The lowest BCUT2D eigenvalue weighted by Crippen LogP contribution is -2.40. The van der Waals surface area contributed by atoms with Gasteiger partial charge in [0, 0.05) is 31.0 Å². The average Bonchev–Trinajstić information content (AvgIpc) is 2.81. The summed E-state index contributed by atoms with van der Waals surface area (Å²) in [5.74, 6) is 0.0353. The van der Waals surface area contributed by atoms with Gasteiger partial charge in [0.2, 0.25) is 5.91 Å². The molecular formula is C22H21F3N6O4. The molecule has 0 atom stereocenters.